The molecule has 4 nitrogen and oxygen atoms in total. The number of hydrogen-bond acceptors (Lipinski definition) is 3. The number of benzene rings is 3. The van der Waals surface area contributed by atoms with Crippen molar-refractivity contribution in [2.24, 2.45) is 0 Å². The van der Waals surface area contributed by atoms with E-state index in [9.17, 15) is 18.0 Å². The minimum absolute atomic E-state index is 0.182. The number of alkyl halides is 3. The van der Waals surface area contributed by atoms with Crippen molar-refractivity contribution in [3.63, 3.8) is 0 Å². The summed E-state index contributed by atoms with van der Waals surface area (Å²) in [4.78, 5) is 10.7. The Morgan fingerprint density at radius 2 is 1.71 bits per heavy atom. The average molecular weight is 545 g/mol. The van der Waals surface area contributed by atoms with Crippen molar-refractivity contribution in [3.05, 3.63) is 99.5 Å². The Labute approximate surface area is 209 Å². The Morgan fingerprint density at radius 3 is 2.31 bits per heavy atom. The van der Waals surface area contributed by atoms with Gasteiger partial charge in [-0.15, -0.1) is 0 Å². The van der Waals surface area contributed by atoms with Gasteiger partial charge in [0.25, 0.3) is 0 Å². The predicted octanol–water partition coefficient (Wildman–Crippen LogP) is 6.75. The highest BCUT2D eigenvalue weighted by Crippen LogP contribution is 2.29. The summed E-state index contributed by atoms with van der Waals surface area (Å²) in [5, 5.41) is 8.74. The van der Waals surface area contributed by atoms with Gasteiger partial charge in [-0.25, -0.2) is 4.79 Å². The molecule has 0 radical (unpaired) electrons. The van der Waals surface area contributed by atoms with Crippen LogP contribution in [-0.4, -0.2) is 24.3 Å². The fraction of sp³-hybridized carbons (Fsp3) is 0.148. The van der Waals surface area contributed by atoms with E-state index < -0.39 is 24.3 Å². The Hall–Kier alpha value is -3.70. The summed E-state index contributed by atoms with van der Waals surface area (Å²) in [7, 11) is 0. The number of carbonyl (C=O) groups is 1. The summed E-state index contributed by atoms with van der Waals surface area (Å²) in [6.45, 7) is 1.53. The second-order valence-corrected chi connectivity index (χ2v) is 8.29. The molecule has 0 bridgehead atoms. The van der Waals surface area contributed by atoms with Gasteiger partial charge in [0, 0.05) is 15.6 Å². The molecule has 0 unspecified atom stereocenters. The van der Waals surface area contributed by atoms with Gasteiger partial charge in [-0.05, 0) is 78.7 Å². The van der Waals surface area contributed by atoms with Crippen LogP contribution in [0.15, 0.2) is 77.3 Å². The van der Waals surface area contributed by atoms with E-state index in [0.29, 0.717) is 22.6 Å². The zero-order chi connectivity index (χ0) is 25.4. The molecule has 0 atom stereocenters. The van der Waals surface area contributed by atoms with E-state index in [2.05, 4.69) is 27.8 Å². The van der Waals surface area contributed by atoms with Gasteiger partial charge >= 0.3 is 12.1 Å². The molecule has 0 amide bonds. The molecule has 0 aliphatic rings. The van der Waals surface area contributed by atoms with E-state index in [-0.39, 0.29) is 6.61 Å². The second kappa shape index (κ2) is 11.6. The number of carboxylic acid groups (broad SMARTS) is 1. The number of carboxylic acids is 1. The lowest BCUT2D eigenvalue weighted by atomic mass is 10.1. The van der Waals surface area contributed by atoms with Crippen molar-refractivity contribution in [3.8, 4) is 23.3 Å². The first kappa shape index (κ1) is 25.9. The summed E-state index contributed by atoms with van der Waals surface area (Å²) in [6.07, 6.45) is -2.62. The van der Waals surface area contributed by atoms with Crippen LogP contribution in [-0.2, 0) is 11.0 Å². The first-order valence-electron chi connectivity index (χ1n) is 10.4. The van der Waals surface area contributed by atoms with Crippen LogP contribution in [0.25, 0.3) is 5.57 Å². The molecule has 35 heavy (non-hydrogen) atoms. The molecule has 8 heteroatoms. The molecule has 3 rings (SSSR count). The molecule has 180 valence electrons. The molecule has 1 N–H and O–H groups in total. The standard InChI is InChI=1S/C27H20BrF3O4/c1-18-16-24(12-13-25(18)35-17-26(32)33)34-15-14-21(20-6-10-23(28)11-7-20)5-2-19-3-8-22(9-4-19)27(29,30)31/h3-4,6-14,16H,15,17H2,1H3,(H,32,33)/b21-14-. The highest BCUT2D eigenvalue weighted by atomic mass is 79.9. The predicted molar refractivity (Wildman–Crippen MR) is 130 cm³/mol. The van der Waals surface area contributed by atoms with Crippen LogP contribution in [0.2, 0.25) is 0 Å². The monoisotopic (exact) mass is 544 g/mol. The van der Waals surface area contributed by atoms with E-state index >= 15 is 0 Å². The number of allylic oxidation sites excluding steroid dienone is 1. The molecule has 0 aromatic heterocycles. The number of aliphatic carboxylic acids is 1. The maximum Gasteiger partial charge on any atom is 0.416 e. The zero-order valence-corrected chi connectivity index (χ0v) is 20.1. The first-order valence-corrected chi connectivity index (χ1v) is 11.1. The van der Waals surface area contributed by atoms with E-state index in [4.69, 9.17) is 14.6 Å². The number of ether oxygens (including phenoxy) is 2. The fourth-order valence-electron chi connectivity index (χ4n) is 2.99. The number of rotatable bonds is 7. The molecular formula is C27H20BrF3O4. The quantitative estimate of drug-likeness (QED) is 0.334. The molecule has 0 heterocycles. The van der Waals surface area contributed by atoms with Crippen molar-refractivity contribution in [2.45, 2.75) is 13.1 Å². The lowest BCUT2D eigenvalue weighted by molar-refractivity contribution is -0.139. The van der Waals surface area contributed by atoms with Gasteiger partial charge in [-0.2, -0.15) is 13.2 Å². The van der Waals surface area contributed by atoms with Crippen molar-refractivity contribution < 1.29 is 32.5 Å². The van der Waals surface area contributed by atoms with Gasteiger partial charge in [-0.3, -0.25) is 0 Å². The van der Waals surface area contributed by atoms with Crippen LogP contribution < -0.4 is 9.47 Å². The topological polar surface area (TPSA) is 55.8 Å². The van der Waals surface area contributed by atoms with Gasteiger partial charge in [0.15, 0.2) is 6.61 Å². The Morgan fingerprint density at radius 1 is 1.03 bits per heavy atom. The Bertz CT molecular complexity index is 1270. The van der Waals surface area contributed by atoms with E-state index in [1.54, 1.807) is 31.2 Å². The van der Waals surface area contributed by atoms with E-state index in [1.165, 1.54) is 12.1 Å². The summed E-state index contributed by atoms with van der Waals surface area (Å²) in [5.41, 5.74) is 1.92. The average Bonchev–Trinajstić information content (AvgIpc) is 2.81. The second-order valence-electron chi connectivity index (χ2n) is 7.37. The Balaban J connectivity index is 1.78. The van der Waals surface area contributed by atoms with E-state index in [1.807, 2.05) is 24.3 Å². The van der Waals surface area contributed by atoms with Crippen molar-refractivity contribution in [1.29, 1.82) is 0 Å². The van der Waals surface area contributed by atoms with Gasteiger partial charge in [0.05, 0.1) is 5.56 Å². The largest absolute Gasteiger partial charge is 0.489 e. The number of aryl methyl sites for hydroxylation is 1. The summed E-state index contributed by atoms with van der Waals surface area (Å²) in [6, 6.07) is 17.2. The fourth-order valence-corrected chi connectivity index (χ4v) is 3.25. The first-order chi connectivity index (χ1) is 16.6. The third-order valence-corrected chi connectivity index (χ3v) is 5.27. The van der Waals surface area contributed by atoms with Crippen LogP contribution in [0.3, 0.4) is 0 Å². The van der Waals surface area contributed by atoms with Crippen LogP contribution in [0.1, 0.15) is 22.3 Å². The molecule has 0 aliphatic heterocycles. The van der Waals surface area contributed by atoms with Crippen molar-refractivity contribution >= 4 is 27.5 Å². The van der Waals surface area contributed by atoms with Crippen LogP contribution in [0.5, 0.6) is 11.5 Å². The lowest BCUT2D eigenvalue weighted by Crippen LogP contribution is -2.10. The third-order valence-electron chi connectivity index (χ3n) is 4.74. The lowest BCUT2D eigenvalue weighted by Gasteiger charge is -2.10. The van der Waals surface area contributed by atoms with Gasteiger partial charge < -0.3 is 14.6 Å². The van der Waals surface area contributed by atoms with Crippen LogP contribution in [0, 0.1) is 18.8 Å². The molecule has 3 aromatic carbocycles. The summed E-state index contributed by atoms with van der Waals surface area (Å²) < 4.78 is 50.3. The third kappa shape index (κ3) is 7.94. The smallest absolute Gasteiger partial charge is 0.416 e. The highest BCUT2D eigenvalue weighted by molar-refractivity contribution is 9.10. The SMILES string of the molecule is Cc1cc(OC/C=C(/C#Cc2ccc(C(F)(F)F)cc2)c2ccc(Br)cc2)ccc1OCC(=O)O. The molecule has 0 aliphatic carbocycles. The summed E-state index contributed by atoms with van der Waals surface area (Å²) >= 11 is 3.39. The minimum atomic E-state index is -4.40. The maximum absolute atomic E-state index is 12.8. The zero-order valence-electron chi connectivity index (χ0n) is 18.5. The molecule has 3 aromatic rings. The molecule has 0 saturated heterocycles. The van der Waals surface area contributed by atoms with Crippen molar-refractivity contribution in [2.75, 3.05) is 13.2 Å². The van der Waals surface area contributed by atoms with Gasteiger partial charge in [0.1, 0.15) is 18.1 Å². The Kier molecular flexibility index (Phi) is 8.61. The number of hydrogen-bond donors (Lipinski definition) is 1. The van der Waals surface area contributed by atoms with Gasteiger partial charge in [0.2, 0.25) is 0 Å². The molecule has 0 saturated carbocycles. The maximum atomic E-state index is 12.8. The molecular weight excluding hydrogens is 525 g/mol. The van der Waals surface area contributed by atoms with Crippen LogP contribution >= 0.6 is 15.9 Å². The molecule has 0 fully saturated rings. The number of halogens is 4. The minimum Gasteiger partial charge on any atom is -0.489 e. The normalized spacial score (nSPS) is 11.4. The van der Waals surface area contributed by atoms with Crippen LogP contribution in [0.4, 0.5) is 13.2 Å². The highest BCUT2D eigenvalue weighted by Gasteiger charge is 2.29. The molecule has 0 spiro atoms. The van der Waals surface area contributed by atoms with Gasteiger partial charge in [-0.1, -0.05) is 39.9 Å². The van der Waals surface area contributed by atoms with Crippen molar-refractivity contribution in [1.82, 2.24) is 0 Å². The van der Waals surface area contributed by atoms with E-state index in [0.717, 1.165) is 27.7 Å². The summed E-state index contributed by atoms with van der Waals surface area (Å²) in [5.74, 6) is 5.88.